The molecule has 27 heavy (non-hydrogen) atoms. The quantitative estimate of drug-likeness (QED) is 0.247. The summed E-state index contributed by atoms with van der Waals surface area (Å²) in [5.74, 6) is -1.85. The number of aldehydes is 1. The molecule has 0 aliphatic heterocycles. The standard InChI is InChI=1S/C17H31N5O5/c1-6-9(2)14(18)17(27)19-7-13(24)21-11(4)16(26)22-12(5)15(25)20-10(3)8-23/h8-12,14H,6-7,18H2,1-5H3,(H,19,27)(H,20,25)(H,21,24)(H,22,26)/p+1/t9-,10-,11-,12-,14-/m0/s1. The molecule has 0 unspecified atom stereocenters. The predicted octanol–water partition coefficient (Wildman–Crippen LogP) is -2.53. The maximum atomic E-state index is 12.1. The summed E-state index contributed by atoms with van der Waals surface area (Å²) in [4.78, 5) is 58.2. The summed E-state index contributed by atoms with van der Waals surface area (Å²) in [6, 6.07) is -2.90. The zero-order valence-corrected chi connectivity index (χ0v) is 16.6. The van der Waals surface area contributed by atoms with Gasteiger partial charge in [0.2, 0.25) is 17.7 Å². The molecule has 0 aromatic rings. The van der Waals surface area contributed by atoms with Crippen LogP contribution in [0.15, 0.2) is 0 Å². The molecule has 0 aromatic heterocycles. The van der Waals surface area contributed by atoms with E-state index in [1.54, 1.807) is 0 Å². The van der Waals surface area contributed by atoms with E-state index in [0.717, 1.165) is 6.42 Å². The Labute approximate surface area is 159 Å². The van der Waals surface area contributed by atoms with Crippen molar-refractivity contribution in [1.82, 2.24) is 21.3 Å². The second-order valence-corrected chi connectivity index (χ2v) is 6.66. The molecule has 0 fully saturated rings. The zero-order valence-electron chi connectivity index (χ0n) is 16.6. The molecule has 154 valence electrons. The molecule has 0 bridgehead atoms. The third-order valence-corrected chi connectivity index (χ3v) is 4.19. The number of quaternary nitrogens is 1. The van der Waals surface area contributed by atoms with Gasteiger partial charge in [-0.1, -0.05) is 13.8 Å². The molecule has 0 radical (unpaired) electrons. The smallest absolute Gasteiger partial charge is 0.278 e. The molecule has 4 amide bonds. The first-order valence-electron chi connectivity index (χ1n) is 8.99. The van der Waals surface area contributed by atoms with E-state index in [0.29, 0.717) is 6.29 Å². The van der Waals surface area contributed by atoms with Gasteiger partial charge in [0.05, 0.1) is 12.6 Å². The van der Waals surface area contributed by atoms with E-state index in [1.807, 2.05) is 13.8 Å². The number of carbonyl (C=O) groups is 5. The van der Waals surface area contributed by atoms with E-state index in [-0.39, 0.29) is 18.4 Å². The Balaban J connectivity index is 4.38. The minimum absolute atomic E-state index is 0.0901. The summed E-state index contributed by atoms with van der Waals surface area (Å²) in [5.41, 5.74) is 3.78. The van der Waals surface area contributed by atoms with Gasteiger partial charge in [0, 0.05) is 5.92 Å². The summed E-state index contributed by atoms with van der Waals surface area (Å²) >= 11 is 0. The zero-order chi connectivity index (χ0) is 21.1. The number of carbonyl (C=O) groups excluding carboxylic acids is 5. The van der Waals surface area contributed by atoms with Crippen LogP contribution in [0, 0.1) is 5.92 Å². The molecule has 10 heteroatoms. The van der Waals surface area contributed by atoms with E-state index in [1.165, 1.54) is 20.8 Å². The van der Waals surface area contributed by atoms with Crippen LogP contribution in [0.4, 0.5) is 0 Å². The van der Waals surface area contributed by atoms with Gasteiger partial charge in [0.1, 0.15) is 18.4 Å². The van der Waals surface area contributed by atoms with Crippen molar-refractivity contribution in [3.05, 3.63) is 0 Å². The molecule has 7 N–H and O–H groups in total. The van der Waals surface area contributed by atoms with Gasteiger partial charge in [-0.25, -0.2) is 0 Å². The average Bonchev–Trinajstić information content (AvgIpc) is 2.63. The Morgan fingerprint density at radius 3 is 1.93 bits per heavy atom. The average molecular weight is 386 g/mol. The maximum Gasteiger partial charge on any atom is 0.278 e. The Morgan fingerprint density at radius 2 is 1.41 bits per heavy atom. The number of nitrogens with one attached hydrogen (secondary N) is 4. The largest absolute Gasteiger partial charge is 0.347 e. The first kappa shape index (κ1) is 24.5. The van der Waals surface area contributed by atoms with Crippen molar-refractivity contribution in [3.8, 4) is 0 Å². The van der Waals surface area contributed by atoms with Gasteiger partial charge >= 0.3 is 0 Å². The molecule has 0 aliphatic rings. The van der Waals surface area contributed by atoms with Gasteiger partial charge in [-0.15, -0.1) is 0 Å². The molecule has 0 saturated carbocycles. The predicted molar refractivity (Wildman–Crippen MR) is 98.0 cm³/mol. The lowest BCUT2D eigenvalue weighted by atomic mass is 9.99. The van der Waals surface area contributed by atoms with Crippen LogP contribution >= 0.6 is 0 Å². The van der Waals surface area contributed by atoms with Crippen LogP contribution < -0.4 is 27.0 Å². The highest BCUT2D eigenvalue weighted by molar-refractivity contribution is 5.93. The van der Waals surface area contributed by atoms with Crippen molar-refractivity contribution in [2.45, 2.75) is 65.2 Å². The Bertz CT molecular complexity index is 554. The highest BCUT2D eigenvalue weighted by Crippen LogP contribution is 2.03. The van der Waals surface area contributed by atoms with Gasteiger partial charge in [-0.2, -0.15) is 0 Å². The van der Waals surface area contributed by atoms with Crippen LogP contribution in [0.2, 0.25) is 0 Å². The van der Waals surface area contributed by atoms with Gasteiger partial charge < -0.3 is 31.8 Å². The first-order chi connectivity index (χ1) is 12.5. The Hall–Kier alpha value is -2.49. The molecule has 10 nitrogen and oxygen atoms in total. The molecule has 0 heterocycles. The fourth-order valence-electron chi connectivity index (χ4n) is 1.99. The van der Waals surface area contributed by atoms with Crippen molar-refractivity contribution in [2.75, 3.05) is 6.54 Å². The summed E-state index contributed by atoms with van der Waals surface area (Å²) in [7, 11) is 0. The molecule has 0 aromatic carbocycles. The lowest BCUT2D eigenvalue weighted by molar-refractivity contribution is -0.415. The number of hydrogen-bond acceptors (Lipinski definition) is 5. The van der Waals surface area contributed by atoms with Crippen molar-refractivity contribution in [2.24, 2.45) is 5.92 Å². The van der Waals surface area contributed by atoms with Crippen molar-refractivity contribution in [1.29, 1.82) is 0 Å². The maximum absolute atomic E-state index is 12.1. The lowest BCUT2D eigenvalue weighted by Gasteiger charge is -2.19. The fraction of sp³-hybridized carbons (Fsp3) is 0.706. The van der Waals surface area contributed by atoms with Crippen molar-refractivity contribution in [3.63, 3.8) is 0 Å². The van der Waals surface area contributed by atoms with Gasteiger partial charge in [0.15, 0.2) is 6.04 Å². The number of rotatable bonds is 11. The van der Waals surface area contributed by atoms with Crippen LogP contribution in [0.5, 0.6) is 0 Å². The monoisotopic (exact) mass is 386 g/mol. The van der Waals surface area contributed by atoms with Crippen LogP contribution in [0.3, 0.4) is 0 Å². The molecule has 0 rings (SSSR count). The summed E-state index contributed by atoms with van der Waals surface area (Å²) < 4.78 is 0. The van der Waals surface area contributed by atoms with Crippen LogP contribution in [0.1, 0.15) is 41.0 Å². The Kier molecular flexibility index (Phi) is 10.9. The topological polar surface area (TPSA) is 161 Å². The van der Waals surface area contributed by atoms with E-state index < -0.39 is 41.9 Å². The SMILES string of the molecule is CC[C@H](C)[C@H]([NH3+])C(=O)NCC(=O)N[C@@H](C)C(=O)N[C@@H](C)C(=O)N[C@@H](C)C=O. The number of hydrogen-bond donors (Lipinski definition) is 5. The van der Waals surface area contributed by atoms with Crippen LogP contribution in [0.25, 0.3) is 0 Å². The van der Waals surface area contributed by atoms with E-state index in [2.05, 4.69) is 27.0 Å². The summed E-state index contributed by atoms with van der Waals surface area (Å²) in [6.45, 7) is 8.00. The van der Waals surface area contributed by atoms with Crippen LogP contribution in [-0.2, 0) is 24.0 Å². The molecule has 0 saturated heterocycles. The van der Waals surface area contributed by atoms with E-state index in [9.17, 15) is 24.0 Å². The van der Waals surface area contributed by atoms with Gasteiger partial charge in [-0.3, -0.25) is 19.2 Å². The normalized spacial score (nSPS) is 16.1. The fourth-order valence-corrected chi connectivity index (χ4v) is 1.99. The molecule has 0 spiro atoms. The van der Waals surface area contributed by atoms with Gasteiger partial charge in [-0.05, 0) is 27.2 Å². The second kappa shape index (κ2) is 12.0. The van der Waals surface area contributed by atoms with Gasteiger partial charge in [0.25, 0.3) is 5.91 Å². The molecule has 0 aliphatic carbocycles. The number of amides is 4. The molecular formula is C17H32N5O5+. The molecule has 5 atom stereocenters. The Morgan fingerprint density at radius 1 is 0.889 bits per heavy atom. The summed E-state index contributed by atoms with van der Waals surface area (Å²) in [6.07, 6.45) is 1.36. The highest BCUT2D eigenvalue weighted by Gasteiger charge is 2.25. The third-order valence-electron chi connectivity index (χ3n) is 4.19. The molecular weight excluding hydrogens is 354 g/mol. The summed E-state index contributed by atoms with van der Waals surface area (Å²) in [5, 5.41) is 9.78. The van der Waals surface area contributed by atoms with E-state index in [4.69, 9.17) is 0 Å². The van der Waals surface area contributed by atoms with Crippen molar-refractivity contribution >= 4 is 29.9 Å². The van der Waals surface area contributed by atoms with E-state index >= 15 is 0 Å². The lowest BCUT2D eigenvalue weighted by Crippen LogP contribution is -2.70. The second-order valence-electron chi connectivity index (χ2n) is 6.66. The van der Waals surface area contributed by atoms with Crippen LogP contribution in [-0.4, -0.2) is 60.6 Å². The third kappa shape index (κ3) is 9.13. The first-order valence-corrected chi connectivity index (χ1v) is 8.99. The van der Waals surface area contributed by atoms with Crippen molar-refractivity contribution < 1.29 is 29.7 Å². The highest BCUT2D eigenvalue weighted by atomic mass is 16.2. The minimum Gasteiger partial charge on any atom is -0.347 e. The minimum atomic E-state index is -0.904.